The van der Waals surface area contributed by atoms with Crippen LogP contribution in [0.2, 0.25) is 0 Å². The van der Waals surface area contributed by atoms with Gasteiger partial charge in [-0.05, 0) is 12.5 Å². The van der Waals surface area contributed by atoms with Gasteiger partial charge in [0.15, 0.2) is 0 Å². The Morgan fingerprint density at radius 2 is 2.24 bits per heavy atom. The first-order valence-corrected chi connectivity index (χ1v) is 6.50. The number of nitrogens with one attached hydrogen (secondary N) is 1. The number of hydrogen-bond acceptors (Lipinski definition) is 4. The molecule has 21 heavy (non-hydrogen) atoms. The van der Waals surface area contributed by atoms with E-state index >= 15 is 0 Å². The number of nitrogens with zero attached hydrogens (tertiary/aromatic N) is 2. The van der Waals surface area contributed by atoms with E-state index in [1.54, 1.807) is 42.2 Å². The normalized spacial score (nSPS) is 10.9. The largest absolute Gasteiger partial charge is 0.434 e. The summed E-state index contributed by atoms with van der Waals surface area (Å²) in [7, 11) is 0. The molecule has 0 aliphatic rings. The fraction of sp³-hybridized carbons (Fsp3) is 0.357. The maximum absolute atomic E-state index is 12.5. The number of anilines is 1. The van der Waals surface area contributed by atoms with E-state index < -0.39 is 6.61 Å². The monoisotopic (exact) mass is 297 g/mol. The lowest BCUT2D eigenvalue weighted by Gasteiger charge is -2.13. The molecule has 0 radical (unpaired) electrons. The van der Waals surface area contributed by atoms with Gasteiger partial charge in [-0.1, -0.05) is 18.2 Å². The van der Waals surface area contributed by atoms with Gasteiger partial charge in [-0.25, -0.2) is 0 Å². The molecule has 0 atom stereocenters. The molecule has 114 valence electrons. The summed E-state index contributed by atoms with van der Waals surface area (Å²) < 4.78 is 31.1. The van der Waals surface area contributed by atoms with Crippen molar-refractivity contribution in [2.75, 3.05) is 11.9 Å². The average molecular weight is 297 g/mol. The lowest BCUT2D eigenvalue weighted by atomic mass is 10.1. The maximum Gasteiger partial charge on any atom is 0.387 e. The molecule has 1 aromatic heterocycles. The van der Waals surface area contributed by atoms with E-state index in [4.69, 9.17) is 5.11 Å². The van der Waals surface area contributed by atoms with E-state index in [2.05, 4.69) is 15.2 Å². The van der Waals surface area contributed by atoms with Crippen molar-refractivity contribution in [2.24, 2.45) is 0 Å². The number of aryl methyl sites for hydroxylation is 1. The first-order valence-electron chi connectivity index (χ1n) is 6.50. The second kappa shape index (κ2) is 7.03. The Balaban J connectivity index is 2.06. The van der Waals surface area contributed by atoms with Crippen molar-refractivity contribution in [3.05, 3.63) is 41.7 Å². The number of halogens is 2. The van der Waals surface area contributed by atoms with Crippen LogP contribution in [0.15, 0.2) is 30.6 Å². The Labute approximate surface area is 121 Å². The van der Waals surface area contributed by atoms with Crippen LogP contribution in [0.5, 0.6) is 5.75 Å². The number of para-hydroxylation sites is 1. The van der Waals surface area contributed by atoms with Crippen molar-refractivity contribution < 1.29 is 18.6 Å². The quantitative estimate of drug-likeness (QED) is 0.824. The zero-order valence-electron chi connectivity index (χ0n) is 11.6. The van der Waals surface area contributed by atoms with E-state index in [-0.39, 0.29) is 12.4 Å². The minimum Gasteiger partial charge on any atom is -0.434 e. The van der Waals surface area contributed by atoms with Crippen molar-refractivity contribution in [2.45, 2.75) is 26.6 Å². The molecule has 1 aromatic carbocycles. The van der Waals surface area contributed by atoms with Crippen LogP contribution in [-0.2, 0) is 13.1 Å². The molecule has 7 heteroatoms. The Morgan fingerprint density at radius 3 is 2.95 bits per heavy atom. The highest BCUT2D eigenvalue weighted by atomic mass is 19.3. The summed E-state index contributed by atoms with van der Waals surface area (Å²) in [6.45, 7) is -0.371. The molecular weight excluding hydrogens is 280 g/mol. The number of aromatic nitrogens is 2. The molecule has 0 bridgehead atoms. The number of rotatable bonds is 7. The van der Waals surface area contributed by atoms with Gasteiger partial charge in [0, 0.05) is 18.3 Å². The smallest absolute Gasteiger partial charge is 0.387 e. The van der Waals surface area contributed by atoms with Crippen molar-refractivity contribution in [3.8, 4) is 5.75 Å². The molecular formula is C14H17F2N3O2. The van der Waals surface area contributed by atoms with Gasteiger partial charge in [0.2, 0.25) is 0 Å². The summed E-state index contributed by atoms with van der Waals surface area (Å²) in [4.78, 5) is 0. The van der Waals surface area contributed by atoms with Crippen molar-refractivity contribution in [3.63, 3.8) is 0 Å². The Bertz CT molecular complexity index is 587. The van der Waals surface area contributed by atoms with Crippen LogP contribution < -0.4 is 10.1 Å². The zero-order valence-corrected chi connectivity index (χ0v) is 11.6. The van der Waals surface area contributed by atoms with Crippen molar-refractivity contribution >= 4 is 5.69 Å². The molecule has 0 aliphatic carbocycles. The van der Waals surface area contributed by atoms with Gasteiger partial charge >= 0.3 is 6.61 Å². The zero-order chi connectivity index (χ0) is 15.2. The lowest BCUT2D eigenvalue weighted by molar-refractivity contribution is -0.0508. The summed E-state index contributed by atoms with van der Waals surface area (Å²) in [5.41, 5.74) is 2.05. The van der Waals surface area contributed by atoms with E-state index in [1.807, 2.05) is 0 Å². The third kappa shape index (κ3) is 4.16. The fourth-order valence-electron chi connectivity index (χ4n) is 1.99. The summed E-state index contributed by atoms with van der Waals surface area (Å²) in [5.74, 6) is 0.197. The molecule has 0 unspecified atom stereocenters. The number of benzene rings is 1. The van der Waals surface area contributed by atoms with Crippen molar-refractivity contribution in [1.82, 2.24) is 9.78 Å². The lowest BCUT2D eigenvalue weighted by Crippen LogP contribution is -2.08. The number of hydrogen-bond donors (Lipinski definition) is 2. The van der Waals surface area contributed by atoms with Gasteiger partial charge in [0.05, 0.1) is 25.0 Å². The topological polar surface area (TPSA) is 59.3 Å². The molecule has 1 heterocycles. The second-order valence-corrected chi connectivity index (χ2v) is 4.51. The summed E-state index contributed by atoms with van der Waals surface area (Å²) in [5, 5.41) is 16.0. The van der Waals surface area contributed by atoms with Crippen LogP contribution in [-0.4, -0.2) is 28.1 Å². The first-order chi connectivity index (χ1) is 10.1. The number of aliphatic hydroxyl groups is 1. The van der Waals surface area contributed by atoms with E-state index in [1.165, 1.54) is 0 Å². The molecule has 0 aliphatic heterocycles. The van der Waals surface area contributed by atoms with Gasteiger partial charge in [0.25, 0.3) is 0 Å². The molecule has 0 spiro atoms. The third-order valence-electron chi connectivity index (χ3n) is 2.95. The van der Waals surface area contributed by atoms with Crippen LogP contribution in [0.4, 0.5) is 14.5 Å². The first kappa shape index (κ1) is 15.2. The summed E-state index contributed by atoms with van der Waals surface area (Å²) >= 11 is 0. The third-order valence-corrected chi connectivity index (χ3v) is 2.95. The summed E-state index contributed by atoms with van der Waals surface area (Å²) in [6, 6.07) is 5.25. The van der Waals surface area contributed by atoms with Gasteiger partial charge in [-0.3, -0.25) is 4.68 Å². The predicted molar refractivity (Wildman–Crippen MR) is 74.5 cm³/mol. The molecule has 2 rings (SSSR count). The van der Waals surface area contributed by atoms with Crippen LogP contribution in [0.25, 0.3) is 0 Å². The van der Waals surface area contributed by atoms with Crippen LogP contribution in [0, 0.1) is 6.92 Å². The number of ether oxygens (including phenoxy) is 1. The highest BCUT2D eigenvalue weighted by Crippen LogP contribution is 2.26. The molecule has 5 nitrogen and oxygen atoms in total. The molecule has 0 amide bonds. The number of alkyl halides is 2. The standard InChI is InChI=1S/C14H17F2N3O2/c1-10-3-2-4-11(13(10)21-14(15)16)7-17-12-8-18-19(9-12)5-6-20/h2-4,8-9,14,17,20H,5-7H2,1H3. The molecule has 0 fully saturated rings. The van der Waals surface area contributed by atoms with Gasteiger partial charge < -0.3 is 15.2 Å². The minimum atomic E-state index is -2.85. The molecule has 0 saturated carbocycles. The fourth-order valence-corrected chi connectivity index (χ4v) is 1.99. The van der Waals surface area contributed by atoms with Crippen LogP contribution in [0.3, 0.4) is 0 Å². The van der Waals surface area contributed by atoms with Crippen LogP contribution in [0.1, 0.15) is 11.1 Å². The summed E-state index contributed by atoms with van der Waals surface area (Å²) in [6.07, 6.45) is 3.35. The van der Waals surface area contributed by atoms with E-state index in [0.717, 1.165) is 5.69 Å². The number of aliphatic hydroxyl groups excluding tert-OH is 1. The average Bonchev–Trinajstić information content (AvgIpc) is 2.87. The SMILES string of the molecule is Cc1cccc(CNc2cnn(CCO)c2)c1OC(F)F. The minimum absolute atomic E-state index is 0.00533. The van der Waals surface area contributed by atoms with Crippen LogP contribution >= 0.6 is 0 Å². The van der Waals surface area contributed by atoms with Crippen molar-refractivity contribution in [1.29, 1.82) is 0 Å². The molecule has 0 saturated heterocycles. The second-order valence-electron chi connectivity index (χ2n) is 4.51. The Morgan fingerprint density at radius 1 is 1.43 bits per heavy atom. The maximum atomic E-state index is 12.5. The molecule has 2 N–H and O–H groups in total. The van der Waals surface area contributed by atoms with Gasteiger partial charge in [-0.2, -0.15) is 13.9 Å². The molecule has 2 aromatic rings. The van der Waals surface area contributed by atoms with E-state index in [9.17, 15) is 8.78 Å². The highest BCUT2D eigenvalue weighted by Gasteiger charge is 2.12. The highest BCUT2D eigenvalue weighted by molar-refractivity contribution is 5.45. The van der Waals surface area contributed by atoms with E-state index in [0.29, 0.717) is 24.2 Å². The predicted octanol–water partition coefficient (Wildman–Crippen LogP) is 2.40. The van der Waals surface area contributed by atoms with Gasteiger partial charge in [-0.15, -0.1) is 0 Å². The Kier molecular flexibility index (Phi) is 5.10. The Hall–Kier alpha value is -2.15. The van der Waals surface area contributed by atoms with Gasteiger partial charge in [0.1, 0.15) is 5.75 Å².